The molecule has 5 unspecified atom stereocenters. The van der Waals surface area contributed by atoms with Crippen LogP contribution in [0.3, 0.4) is 0 Å². The highest BCUT2D eigenvalue weighted by Gasteiger charge is 2.66. The number of terminal acetylenes is 1. The Hall–Kier alpha value is -1.09. The van der Waals surface area contributed by atoms with Crippen LogP contribution in [-0.2, 0) is 4.79 Å². The van der Waals surface area contributed by atoms with Crippen LogP contribution in [0.5, 0.6) is 0 Å². The number of carboxylic acids is 1. The maximum atomic E-state index is 11.5. The molecule has 0 heterocycles. The molecule has 0 bridgehead atoms. The maximum Gasteiger partial charge on any atom is 0.303 e. The SMILES string of the molecule is C#C[C@@]1(O)CCC2(C)C(C[C@@H](O)C3C2C[C@H](O)[C@@]2(C)C3CC[C@@H]2[C@H](C)CCC(=O)O)C1. The summed E-state index contributed by atoms with van der Waals surface area (Å²) in [6, 6.07) is 0. The van der Waals surface area contributed by atoms with Gasteiger partial charge in [0.25, 0.3) is 0 Å². The average Bonchev–Trinajstić information content (AvgIpc) is 3.07. The van der Waals surface area contributed by atoms with E-state index in [2.05, 4.69) is 26.7 Å². The Labute approximate surface area is 186 Å². The van der Waals surface area contributed by atoms with Crippen LogP contribution in [0.1, 0.15) is 78.6 Å². The van der Waals surface area contributed by atoms with Crippen LogP contribution >= 0.6 is 0 Å². The fourth-order valence-electron chi connectivity index (χ4n) is 8.83. The molecule has 4 fully saturated rings. The summed E-state index contributed by atoms with van der Waals surface area (Å²) >= 11 is 0. The largest absolute Gasteiger partial charge is 0.481 e. The van der Waals surface area contributed by atoms with Crippen LogP contribution in [0, 0.1) is 58.7 Å². The van der Waals surface area contributed by atoms with Crippen molar-refractivity contribution in [1.82, 2.24) is 0 Å². The van der Waals surface area contributed by atoms with Crippen molar-refractivity contribution in [3.05, 3.63) is 0 Å². The highest BCUT2D eigenvalue weighted by atomic mass is 16.4. The van der Waals surface area contributed by atoms with Crippen LogP contribution < -0.4 is 0 Å². The van der Waals surface area contributed by atoms with E-state index in [4.69, 9.17) is 11.5 Å². The van der Waals surface area contributed by atoms with Crippen molar-refractivity contribution in [3.8, 4) is 12.3 Å². The first-order chi connectivity index (χ1) is 14.5. The molecule has 0 aromatic carbocycles. The van der Waals surface area contributed by atoms with Gasteiger partial charge in [0.1, 0.15) is 5.60 Å². The first kappa shape index (κ1) is 23.1. The molecular weight excluding hydrogens is 392 g/mol. The molecule has 0 spiro atoms. The maximum absolute atomic E-state index is 11.5. The van der Waals surface area contributed by atoms with E-state index in [0.29, 0.717) is 32.1 Å². The lowest BCUT2D eigenvalue weighted by molar-refractivity contribution is -0.211. The summed E-state index contributed by atoms with van der Waals surface area (Å²) in [6.45, 7) is 6.64. The second-order valence-corrected chi connectivity index (χ2v) is 11.9. The average molecular weight is 433 g/mol. The quantitative estimate of drug-likeness (QED) is 0.510. The second-order valence-electron chi connectivity index (χ2n) is 11.9. The topological polar surface area (TPSA) is 98.0 Å². The minimum Gasteiger partial charge on any atom is -0.481 e. The summed E-state index contributed by atoms with van der Waals surface area (Å²) in [7, 11) is 0. The van der Waals surface area contributed by atoms with Gasteiger partial charge in [-0.15, -0.1) is 6.42 Å². The second kappa shape index (κ2) is 7.75. The molecule has 4 rings (SSSR count). The van der Waals surface area contributed by atoms with Crippen LogP contribution in [0.25, 0.3) is 0 Å². The zero-order valence-corrected chi connectivity index (χ0v) is 19.3. The van der Waals surface area contributed by atoms with Crippen LogP contribution in [0.4, 0.5) is 0 Å². The van der Waals surface area contributed by atoms with Crippen molar-refractivity contribution < 1.29 is 25.2 Å². The number of aliphatic hydroxyl groups excluding tert-OH is 2. The van der Waals surface area contributed by atoms with Gasteiger partial charge in [0.2, 0.25) is 0 Å². The highest BCUT2D eigenvalue weighted by molar-refractivity contribution is 5.66. The predicted molar refractivity (Wildman–Crippen MR) is 118 cm³/mol. The summed E-state index contributed by atoms with van der Waals surface area (Å²) in [6.07, 6.45) is 10.8. The highest BCUT2D eigenvalue weighted by Crippen LogP contribution is 2.68. The molecule has 0 saturated heterocycles. The first-order valence-electron chi connectivity index (χ1n) is 12.2. The molecule has 0 amide bonds. The lowest BCUT2D eigenvalue weighted by atomic mass is 9.42. The molecule has 4 N–H and O–H groups in total. The zero-order chi connectivity index (χ0) is 22.8. The van der Waals surface area contributed by atoms with Crippen LogP contribution in [0.15, 0.2) is 0 Å². The molecule has 0 aliphatic heterocycles. The molecule has 31 heavy (non-hydrogen) atoms. The summed E-state index contributed by atoms with van der Waals surface area (Å²) in [5, 5.41) is 42.8. The molecule has 0 aromatic rings. The van der Waals surface area contributed by atoms with Crippen LogP contribution in [0.2, 0.25) is 0 Å². The molecule has 0 aromatic heterocycles. The van der Waals surface area contributed by atoms with Gasteiger partial charge < -0.3 is 20.4 Å². The third kappa shape index (κ3) is 3.45. The van der Waals surface area contributed by atoms with Gasteiger partial charge >= 0.3 is 5.97 Å². The Balaban J connectivity index is 1.61. The van der Waals surface area contributed by atoms with Gasteiger partial charge in [-0.3, -0.25) is 4.79 Å². The lowest BCUT2D eigenvalue weighted by Crippen LogP contribution is -2.63. The fraction of sp³-hybridized carbons (Fsp3) is 0.885. The fourth-order valence-corrected chi connectivity index (χ4v) is 8.83. The Morgan fingerprint density at radius 3 is 2.52 bits per heavy atom. The van der Waals surface area contributed by atoms with Gasteiger partial charge in [-0.05, 0) is 97.7 Å². The van der Waals surface area contributed by atoms with Crippen molar-refractivity contribution in [2.75, 3.05) is 0 Å². The summed E-state index contributed by atoms with van der Waals surface area (Å²) < 4.78 is 0. The minimum absolute atomic E-state index is 0.0255. The normalized spacial score (nSPS) is 52.4. The van der Waals surface area contributed by atoms with Gasteiger partial charge in [0.15, 0.2) is 0 Å². The number of hydrogen-bond donors (Lipinski definition) is 4. The van der Waals surface area contributed by atoms with Crippen molar-refractivity contribution in [3.63, 3.8) is 0 Å². The molecule has 4 aliphatic carbocycles. The van der Waals surface area contributed by atoms with E-state index in [1.165, 1.54) is 0 Å². The molecule has 5 heteroatoms. The zero-order valence-electron chi connectivity index (χ0n) is 19.3. The third-order valence-corrected chi connectivity index (χ3v) is 10.7. The third-order valence-electron chi connectivity index (χ3n) is 10.7. The Morgan fingerprint density at radius 1 is 1.16 bits per heavy atom. The van der Waals surface area contributed by atoms with Crippen molar-refractivity contribution in [2.24, 2.45) is 46.3 Å². The molecular formula is C26H40O5. The minimum atomic E-state index is -1.07. The van der Waals surface area contributed by atoms with Gasteiger partial charge in [-0.25, -0.2) is 0 Å². The number of rotatable bonds is 4. The molecule has 5 nitrogen and oxygen atoms in total. The monoisotopic (exact) mass is 432 g/mol. The molecule has 11 atom stereocenters. The number of hydrogen-bond acceptors (Lipinski definition) is 4. The van der Waals surface area contributed by atoms with E-state index < -0.39 is 23.8 Å². The van der Waals surface area contributed by atoms with Gasteiger partial charge in [0, 0.05) is 6.42 Å². The van der Waals surface area contributed by atoms with E-state index in [9.17, 15) is 20.1 Å². The van der Waals surface area contributed by atoms with Gasteiger partial charge in [-0.1, -0.05) is 26.7 Å². The van der Waals surface area contributed by atoms with Crippen molar-refractivity contribution in [2.45, 2.75) is 96.4 Å². The number of aliphatic hydroxyl groups is 3. The van der Waals surface area contributed by atoms with Crippen LogP contribution in [-0.4, -0.2) is 44.2 Å². The van der Waals surface area contributed by atoms with E-state index >= 15 is 0 Å². The Kier molecular flexibility index (Phi) is 5.77. The predicted octanol–water partition coefficient (Wildman–Crippen LogP) is 3.45. The van der Waals surface area contributed by atoms with Gasteiger partial charge in [-0.2, -0.15) is 0 Å². The number of carbonyl (C=O) groups is 1. The summed E-state index contributed by atoms with van der Waals surface area (Å²) in [4.78, 5) is 11.1. The van der Waals surface area contributed by atoms with E-state index in [-0.39, 0.29) is 52.8 Å². The Morgan fingerprint density at radius 2 is 1.87 bits per heavy atom. The number of fused-ring (bicyclic) bond motifs is 5. The number of carboxylic acid groups (broad SMARTS) is 1. The summed E-state index contributed by atoms with van der Waals surface area (Å²) in [5.74, 6) is 3.15. The van der Waals surface area contributed by atoms with Gasteiger partial charge in [0.05, 0.1) is 12.2 Å². The Bertz CT molecular complexity index is 759. The van der Waals surface area contributed by atoms with E-state index in [0.717, 1.165) is 19.3 Å². The first-order valence-corrected chi connectivity index (χ1v) is 12.2. The standard InChI is InChI=1S/C26H40O5/c1-5-26(31)11-10-24(3)16(14-26)12-20(27)23-18-8-7-17(15(2)6-9-22(29)30)25(18,4)21(28)13-19(23)24/h1,15-21,23,27-28,31H,6-14H2,2-4H3,(H,29,30)/t15-,16?,17-,18?,19?,20-,21+,23?,24?,25-,26-/m1/s1. The molecule has 4 saturated carbocycles. The summed E-state index contributed by atoms with van der Waals surface area (Å²) in [5.41, 5.74) is -1.38. The smallest absolute Gasteiger partial charge is 0.303 e. The van der Waals surface area contributed by atoms with E-state index in [1.807, 2.05) is 0 Å². The van der Waals surface area contributed by atoms with Crippen molar-refractivity contribution in [1.29, 1.82) is 0 Å². The molecule has 174 valence electrons. The van der Waals surface area contributed by atoms with E-state index in [1.54, 1.807) is 0 Å². The number of aliphatic carboxylic acids is 1. The lowest BCUT2D eigenvalue weighted by Gasteiger charge is -2.64. The molecule has 0 radical (unpaired) electrons. The molecule has 4 aliphatic rings. The van der Waals surface area contributed by atoms with Crippen molar-refractivity contribution >= 4 is 5.97 Å².